The number of nitrogens with zero attached hydrogens (tertiary/aromatic N) is 2. The van der Waals surface area contributed by atoms with Crippen molar-refractivity contribution in [3.63, 3.8) is 0 Å². The number of carbonyl (C=O) groups is 2. The van der Waals surface area contributed by atoms with Crippen LogP contribution in [0, 0.1) is 11.7 Å². The topological polar surface area (TPSA) is 106 Å². The SMILES string of the molecule is [B]C(O)(Oc1cc(-c2cc(C(N)=O)ccc2Cl)cnc1N(C)C(=O)c1c(F)cccc1Cl)C1CC1. The van der Waals surface area contributed by atoms with Gasteiger partial charge >= 0.3 is 0 Å². The van der Waals surface area contributed by atoms with Crippen LogP contribution in [-0.4, -0.2) is 42.5 Å². The Hall–Kier alpha value is -3.14. The number of carbonyl (C=O) groups excluding carboxylic acids is 2. The summed E-state index contributed by atoms with van der Waals surface area (Å²) in [5.41, 5.74) is 4.02. The van der Waals surface area contributed by atoms with Crippen LogP contribution in [-0.2, 0) is 0 Å². The summed E-state index contributed by atoms with van der Waals surface area (Å²) in [6.45, 7) is 0. The molecule has 4 rings (SSSR count). The molecule has 1 saturated carbocycles. The number of hydrogen-bond donors (Lipinski definition) is 2. The maximum atomic E-state index is 14.4. The van der Waals surface area contributed by atoms with Crippen molar-refractivity contribution in [2.75, 3.05) is 11.9 Å². The third-order valence-corrected chi connectivity index (χ3v) is 6.27. The van der Waals surface area contributed by atoms with Crippen LogP contribution in [0.4, 0.5) is 10.2 Å². The predicted molar refractivity (Wildman–Crippen MR) is 131 cm³/mol. The monoisotopic (exact) mass is 513 g/mol. The number of ether oxygens (including phenoxy) is 1. The molecular formula is C24H19BCl2FN3O4. The summed E-state index contributed by atoms with van der Waals surface area (Å²) in [7, 11) is 7.33. The molecule has 1 unspecified atom stereocenters. The van der Waals surface area contributed by atoms with E-state index in [1.54, 1.807) is 0 Å². The Morgan fingerprint density at radius 2 is 1.94 bits per heavy atom. The zero-order chi connectivity index (χ0) is 25.5. The van der Waals surface area contributed by atoms with Gasteiger partial charge in [-0.15, -0.1) is 0 Å². The van der Waals surface area contributed by atoms with Gasteiger partial charge in [-0.25, -0.2) is 9.37 Å². The molecule has 3 N–H and O–H groups in total. The highest BCUT2D eigenvalue weighted by atomic mass is 35.5. The number of nitrogens with two attached hydrogens (primary N) is 1. The number of primary amides is 1. The van der Waals surface area contributed by atoms with E-state index in [1.165, 1.54) is 49.6 Å². The van der Waals surface area contributed by atoms with Crippen molar-refractivity contribution in [1.29, 1.82) is 0 Å². The summed E-state index contributed by atoms with van der Waals surface area (Å²) in [5, 5.41) is 10.9. The molecular weight excluding hydrogens is 495 g/mol. The van der Waals surface area contributed by atoms with Crippen LogP contribution in [0.1, 0.15) is 33.6 Å². The first-order valence-electron chi connectivity index (χ1n) is 10.5. The molecule has 35 heavy (non-hydrogen) atoms. The highest BCUT2D eigenvalue weighted by molar-refractivity contribution is 6.34. The quantitative estimate of drug-likeness (QED) is 0.364. The Labute approximate surface area is 212 Å². The van der Waals surface area contributed by atoms with Gasteiger partial charge in [0.1, 0.15) is 5.82 Å². The van der Waals surface area contributed by atoms with Gasteiger partial charge in [0.25, 0.3) is 5.91 Å². The summed E-state index contributed by atoms with van der Waals surface area (Å²) in [6.07, 6.45) is 2.69. The summed E-state index contributed by atoms with van der Waals surface area (Å²) in [6, 6.07) is 9.80. The second-order valence-corrected chi connectivity index (χ2v) is 9.01. The molecule has 2 aromatic carbocycles. The average molecular weight is 514 g/mol. The molecule has 0 bridgehead atoms. The van der Waals surface area contributed by atoms with Crippen molar-refractivity contribution >= 4 is 48.7 Å². The van der Waals surface area contributed by atoms with Gasteiger partial charge in [-0.3, -0.25) is 14.5 Å². The van der Waals surface area contributed by atoms with Crippen molar-refractivity contribution < 1.29 is 23.8 Å². The van der Waals surface area contributed by atoms with E-state index < -0.39 is 23.3 Å². The number of anilines is 1. The molecule has 0 aliphatic heterocycles. The molecule has 2 radical (unpaired) electrons. The normalized spacial score (nSPS) is 14.8. The van der Waals surface area contributed by atoms with Crippen molar-refractivity contribution in [3.05, 3.63) is 75.7 Å². The van der Waals surface area contributed by atoms with E-state index in [4.69, 9.17) is 41.5 Å². The first kappa shape index (κ1) is 25.0. The lowest BCUT2D eigenvalue weighted by atomic mass is 9.89. The van der Waals surface area contributed by atoms with E-state index in [2.05, 4.69) is 4.98 Å². The molecule has 1 aliphatic rings. The first-order valence-corrected chi connectivity index (χ1v) is 11.3. The molecule has 0 spiro atoms. The second kappa shape index (κ2) is 9.49. The van der Waals surface area contributed by atoms with Crippen LogP contribution in [0.5, 0.6) is 5.75 Å². The minimum atomic E-state index is -2.03. The fourth-order valence-corrected chi connectivity index (χ4v) is 4.00. The smallest absolute Gasteiger partial charge is 0.263 e. The van der Waals surface area contributed by atoms with Crippen molar-refractivity contribution in [2.45, 2.75) is 18.5 Å². The maximum Gasteiger partial charge on any atom is 0.263 e. The van der Waals surface area contributed by atoms with Crippen LogP contribution in [0.3, 0.4) is 0 Å². The van der Waals surface area contributed by atoms with Crippen molar-refractivity contribution in [2.24, 2.45) is 11.7 Å². The average Bonchev–Trinajstić information content (AvgIpc) is 3.64. The summed E-state index contributed by atoms with van der Waals surface area (Å²) < 4.78 is 20.1. The van der Waals surface area contributed by atoms with Crippen LogP contribution in [0.15, 0.2) is 48.7 Å². The van der Waals surface area contributed by atoms with Gasteiger partial charge in [0, 0.05) is 40.9 Å². The molecule has 1 fully saturated rings. The standard InChI is InChI=1S/C24H19BCl2FN3O4/c1-31(23(33)20-17(27)3-2-4-18(20)28)22-19(35-24(25,34)14-6-7-14)10-13(11-30-22)15-9-12(21(29)32)5-8-16(15)26/h2-5,8-11,14,34H,6-7H2,1H3,(H2,29,32). The van der Waals surface area contributed by atoms with E-state index in [-0.39, 0.29) is 33.6 Å². The Kier molecular flexibility index (Phi) is 6.77. The van der Waals surface area contributed by atoms with Crippen LogP contribution >= 0.6 is 23.2 Å². The lowest BCUT2D eigenvalue weighted by Crippen LogP contribution is -2.39. The van der Waals surface area contributed by atoms with Gasteiger partial charge in [-0.1, -0.05) is 29.3 Å². The Morgan fingerprint density at radius 1 is 1.23 bits per heavy atom. The van der Waals surface area contributed by atoms with Crippen molar-refractivity contribution in [1.82, 2.24) is 4.98 Å². The molecule has 1 aromatic heterocycles. The molecule has 1 heterocycles. The summed E-state index contributed by atoms with van der Waals surface area (Å²) in [5.74, 6) is -2.69. The highest BCUT2D eigenvalue weighted by Crippen LogP contribution is 2.42. The van der Waals surface area contributed by atoms with E-state index in [0.717, 1.165) is 11.0 Å². The number of amides is 2. The zero-order valence-electron chi connectivity index (χ0n) is 18.5. The largest absolute Gasteiger partial charge is 0.468 e. The highest BCUT2D eigenvalue weighted by Gasteiger charge is 2.42. The third-order valence-electron chi connectivity index (χ3n) is 5.63. The van der Waals surface area contributed by atoms with E-state index >= 15 is 0 Å². The fraction of sp³-hybridized carbons (Fsp3) is 0.208. The Morgan fingerprint density at radius 3 is 2.57 bits per heavy atom. The molecule has 11 heteroatoms. The van der Waals surface area contributed by atoms with E-state index in [9.17, 15) is 19.1 Å². The number of rotatable bonds is 7. The Balaban J connectivity index is 1.81. The molecule has 7 nitrogen and oxygen atoms in total. The minimum Gasteiger partial charge on any atom is -0.468 e. The van der Waals surface area contributed by atoms with Gasteiger partial charge in [0.15, 0.2) is 25.1 Å². The zero-order valence-corrected chi connectivity index (χ0v) is 20.0. The molecule has 1 atom stereocenters. The lowest BCUT2D eigenvalue weighted by Gasteiger charge is -2.29. The lowest BCUT2D eigenvalue weighted by molar-refractivity contribution is -0.0789. The van der Waals surface area contributed by atoms with Gasteiger partial charge < -0.3 is 15.6 Å². The summed E-state index contributed by atoms with van der Waals surface area (Å²) in [4.78, 5) is 30.1. The number of aromatic nitrogens is 1. The van der Waals surface area contributed by atoms with E-state index in [0.29, 0.717) is 29.0 Å². The van der Waals surface area contributed by atoms with Gasteiger partial charge in [-0.2, -0.15) is 0 Å². The molecule has 178 valence electrons. The van der Waals surface area contributed by atoms with Crippen LogP contribution in [0.25, 0.3) is 11.1 Å². The molecule has 2 amide bonds. The number of aliphatic hydroxyl groups is 1. The predicted octanol–water partition coefficient (Wildman–Crippen LogP) is 4.17. The summed E-state index contributed by atoms with van der Waals surface area (Å²) >= 11 is 12.4. The third kappa shape index (κ3) is 5.12. The number of benzene rings is 2. The first-order chi connectivity index (χ1) is 16.5. The van der Waals surface area contributed by atoms with E-state index in [1.807, 2.05) is 0 Å². The number of halogens is 3. The maximum absolute atomic E-state index is 14.4. The minimum absolute atomic E-state index is 0.0511. The van der Waals surface area contributed by atoms with Gasteiger partial charge in [-0.05, 0) is 49.2 Å². The fourth-order valence-electron chi connectivity index (χ4n) is 3.53. The molecule has 0 saturated heterocycles. The Bertz CT molecular complexity index is 1310. The molecule has 3 aromatic rings. The van der Waals surface area contributed by atoms with Gasteiger partial charge in [0.2, 0.25) is 5.91 Å². The second-order valence-electron chi connectivity index (χ2n) is 8.19. The van der Waals surface area contributed by atoms with Crippen LogP contribution in [0.2, 0.25) is 10.0 Å². The van der Waals surface area contributed by atoms with Crippen molar-refractivity contribution in [3.8, 4) is 16.9 Å². The van der Waals surface area contributed by atoms with Crippen LogP contribution < -0.4 is 15.4 Å². The van der Waals surface area contributed by atoms with Gasteiger partial charge in [0.05, 0.1) is 10.6 Å². The number of hydrogen-bond acceptors (Lipinski definition) is 5. The number of pyridine rings is 1. The molecule has 1 aliphatic carbocycles.